The predicted octanol–water partition coefficient (Wildman–Crippen LogP) is 2.17. The Morgan fingerprint density at radius 2 is 1.58 bits per heavy atom. The number of hydrogen-bond donors (Lipinski definition) is 3. The van der Waals surface area contributed by atoms with Crippen molar-refractivity contribution in [3.63, 3.8) is 0 Å². The SMILES string of the molecule is CC(Nc1ccc(NS(C)(=O)=O)cc1)C(=O)NCc1ccccc1. The van der Waals surface area contributed by atoms with Gasteiger partial charge in [0.25, 0.3) is 0 Å². The van der Waals surface area contributed by atoms with Gasteiger partial charge in [-0.1, -0.05) is 30.3 Å². The standard InChI is InChI=1S/C17H21N3O3S/c1-13(17(21)18-12-14-6-4-3-5-7-14)19-15-8-10-16(11-9-15)20-24(2,22)23/h3-11,13,19-20H,12H2,1-2H3,(H,18,21). The molecule has 6 nitrogen and oxygen atoms in total. The lowest BCUT2D eigenvalue weighted by atomic mass is 10.2. The summed E-state index contributed by atoms with van der Waals surface area (Å²) in [5.41, 5.74) is 2.25. The number of amides is 1. The summed E-state index contributed by atoms with van der Waals surface area (Å²) in [6.07, 6.45) is 1.10. The van der Waals surface area contributed by atoms with Gasteiger partial charge in [0.1, 0.15) is 6.04 Å². The van der Waals surface area contributed by atoms with E-state index in [2.05, 4.69) is 15.4 Å². The minimum atomic E-state index is -3.29. The molecule has 0 fully saturated rings. The fraction of sp³-hybridized carbons (Fsp3) is 0.235. The molecule has 1 unspecified atom stereocenters. The maximum atomic E-state index is 12.1. The van der Waals surface area contributed by atoms with Crippen molar-refractivity contribution in [2.24, 2.45) is 0 Å². The van der Waals surface area contributed by atoms with Crippen molar-refractivity contribution < 1.29 is 13.2 Å². The molecule has 0 saturated carbocycles. The smallest absolute Gasteiger partial charge is 0.242 e. The van der Waals surface area contributed by atoms with Gasteiger partial charge in [-0.25, -0.2) is 8.42 Å². The van der Waals surface area contributed by atoms with Crippen LogP contribution in [0.4, 0.5) is 11.4 Å². The summed E-state index contributed by atoms with van der Waals surface area (Å²) >= 11 is 0. The Balaban J connectivity index is 1.87. The first-order valence-electron chi connectivity index (χ1n) is 7.49. The first-order chi connectivity index (χ1) is 11.3. The van der Waals surface area contributed by atoms with Crippen LogP contribution in [0.1, 0.15) is 12.5 Å². The van der Waals surface area contributed by atoms with Gasteiger partial charge >= 0.3 is 0 Å². The largest absolute Gasteiger partial charge is 0.374 e. The summed E-state index contributed by atoms with van der Waals surface area (Å²) in [7, 11) is -3.29. The molecule has 0 aromatic heterocycles. The molecular formula is C17H21N3O3S. The number of anilines is 2. The van der Waals surface area contributed by atoms with Crippen LogP contribution in [-0.2, 0) is 21.4 Å². The highest BCUT2D eigenvalue weighted by Gasteiger charge is 2.12. The zero-order valence-electron chi connectivity index (χ0n) is 13.6. The molecule has 0 spiro atoms. The first-order valence-corrected chi connectivity index (χ1v) is 9.39. The first kappa shape index (κ1) is 17.8. The van der Waals surface area contributed by atoms with Crippen molar-refractivity contribution >= 4 is 27.3 Å². The van der Waals surface area contributed by atoms with Gasteiger partial charge < -0.3 is 10.6 Å². The van der Waals surface area contributed by atoms with Crippen LogP contribution < -0.4 is 15.4 Å². The molecule has 7 heteroatoms. The Morgan fingerprint density at radius 3 is 2.17 bits per heavy atom. The average molecular weight is 347 g/mol. The molecule has 1 atom stereocenters. The van der Waals surface area contributed by atoms with Crippen molar-refractivity contribution in [1.29, 1.82) is 0 Å². The topological polar surface area (TPSA) is 87.3 Å². The molecular weight excluding hydrogens is 326 g/mol. The monoisotopic (exact) mass is 347 g/mol. The molecule has 0 aliphatic rings. The van der Waals surface area contributed by atoms with Gasteiger partial charge in [0, 0.05) is 17.9 Å². The van der Waals surface area contributed by atoms with Crippen LogP contribution in [0.2, 0.25) is 0 Å². The van der Waals surface area contributed by atoms with Gasteiger partial charge in [-0.05, 0) is 36.8 Å². The fourth-order valence-electron chi connectivity index (χ4n) is 2.10. The number of nitrogens with one attached hydrogen (secondary N) is 3. The average Bonchev–Trinajstić information content (AvgIpc) is 2.54. The van der Waals surface area contributed by atoms with Crippen LogP contribution in [0.3, 0.4) is 0 Å². The fourth-order valence-corrected chi connectivity index (χ4v) is 2.67. The van der Waals surface area contributed by atoms with Gasteiger partial charge in [-0.15, -0.1) is 0 Å². The molecule has 0 aliphatic heterocycles. The van der Waals surface area contributed by atoms with E-state index in [0.717, 1.165) is 17.5 Å². The van der Waals surface area contributed by atoms with Crippen LogP contribution in [-0.4, -0.2) is 26.6 Å². The molecule has 0 saturated heterocycles. The van der Waals surface area contributed by atoms with Gasteiger partial charge in [0.05, 0.1) is 6.26 Å². The maximum Gasteiger partial charge on any atom is 0.242 e. The molecule has 0 aliphatic carbocycles. The normalized spacial score (nSPS) is 12.2. The summed E-state index contributed by atoms with van der Waals surface area (Å²) in [5.74, 6) is -0.114. The van der Waals surface area contributed by atoms with Crippen LogP contribution in [0.15, 0.2) is 54.6 Å². The number of carbonyl (C=O) groups excluding carboxylic acids is 1. The van der Waals surface area contributed by atoms with Crippen molar-refractivity contribution in [3.05, 3.63) is 60.2 Å². The minimum absolute atomic E-state index is 0.114. The summed E-state index contributed by atoms with van der Waals surface area (Å²) in [6.45, 7) is 2.24. The maximum absolute atomic E-state index is 12.1. The van der Waals surface area contributed by atoms with E-state index < -0.39 is 16.1 Å². The summed E-state index contributed by atoms with van der Waals surface area (Å²) in [4.78, 5) is 12.1. The third-order valence-corrected chi connectivity index (χ3v) is 3.88. The second kappa shape index (κ2) is 7.83. The number of rotatable bonds is 7. The number of carbonyl (C=O) groups is 1. The molecule has 24 heavy (non-hydrogen) atoms. The van der Waals surface area contributed by atoms with Crippen molar-refractivity contribution in [3.8, 4) is 0 Å². The van der Waals surface area contributed by atoms with Gasteiger partial charge in [-0.2, -0.15) is 0 Å². The van der Waals surface area contributed by atoms with E-state index in [-0.39, 0.29) is 5.91 Å². The summed E-state index contributed by atoms with van der Waals surface area (Å²) in [6, 6.07) is 16.0. The van der Waals surface area contributed by atoms with Crippen LogP contribution >= 0.6 is 0 Å². The van der Waals surface area contributed by atoms with E-state index in [4.69, 9.17) is 0 Å². The summed E-state index contributed by atoms with van der Waals surface area (Å²) in [5, 5.41) is 5.95. The van der Waals surface area contributed by atoms with E-state index in [0.29, 0.717) is 12.2 Å². The molecule has 128 valence electrons. The third-order valence-electron chi connectivity index (χ3n) is 3.27. The molecule has 0 radical (unpaired) electrons. The highest BCUT2D eigenvalue weighted by molar-refractivity contribution is 7.92. The molecule has 0 bridgehead atoms. The number of benzene rings is 2. The Bertz CT molecular complexity index is 774. The van der Waals surface area contributed by atoms with Gasteiger partial charge in [0.15, 0.2) is 0 Å². The van der Waals surface area contributed by atoms with Crippen molar-refractivity contribution in [1.82, 2.24) is 5.32 Å². The predicted molar refractivity (Wildman–Crippen MR) is 96.3 cm³/mol. The number of sulfonamides is 1. The van der Waals surface area contributed by atoms with Gasteiger partial charge in [0.2, 0.25) is 15.9 Å². The Hall–Kier alpha value is -2.54. The van der Waals surface area contributed by atoms with Gasteiger partial charge in [-0.3, -0.25) is 9.52 Å². The minimum Gasteiger partial charge on any atom is -0.374 e. The van der Waals surface area contributed by atoms with Crippen LogP contribution in [0.5, 0.6) is 0 Å². The third kappa shape index (κ3) is 5.92. The number of hydrogen-bond acceptors (Lipinski definition) is 4. The molecule has 0 heterocycles. The summed E-state index contributed by atoms with van der Waals surface area (Å²) < 4.78 is 24.7. The van der Waals surface area contributed by atoms with Crippen LogP contribution in [0.25, 0.3) is 0 Å². The Kier molecular flexibility index (Phi) is 5.81. The van der Waals surface area contributed by atoms with E-state index in [1.54, 1.807) is 31.2 Å². The zero-order chi connectivity index (χ0) is 17.6. The second-order valence-electron chi connectivity index (χ2n) is 5.52. The van der Waals surface area contributed by atoms with E-state index in [9.17, 15) is 13.2 Å². The molecule has 2 rings (SSSR count). The zero-order valence-corrected chi connectivity index (χ0v) is 14.4. The lowest BCUT2D eigenvalue weighted by Crippen LogP contribution is -2.37. The quantitative estimate of drug-likeness (QED) is 0.716. The lowest BCUT2D eigenvalue weighted by Gasteiger charge is -2.16. The van der Waals surface area contributed by atoms with E-state index in [1.165, 1.54) is 0 Å². The lowest BCUT2D eigenvalue weighted by molar-refractivity contribution is -0.121. The molecule has 1 amide bonds. The van der Waals surface area contributed by atoms with Crippen molar-refractivity contribution in [2.75, 3.05) is 16.3 Å². The van der Waals surface area contributed by atoms with Crippen LogP contribution in [0, 0.1) is 0 Å². The molecule has 2 aromatic carbocycles. The van der Waals surface area contributed by atoms with Crippen molar-refractivity contribution in [2.45, 2.75) is 19.5 Å². The van der Waals surface area contributed by atoms with E-state index in [1.807, 2.05) is 30.3 Å². The second-order valence-corrected chi connectivity index (χ2v) is 7.27. The molecule has 3 N–H and O–H groups in total. The van der Waals surface area contributed by atoms with E-state index >= 15 is 0 Å². The highest BCUT2D eigenvalue weighted by Crippen LogP contribution is 2.15. The Morgan fingerprint density at radius 1 is 1.00 bits per heavy atom. The molecule has 2 aromatic rings. The Labute approximate surface area is 142 Å². The highest BCUT2D eigenvalue weighted by atomic mass is 32.2.